The van der Waals surface area contributed by atoms with Crippen LogP contribution in [0.25, 0.3) is 0 Å². The number of nitrogens with one attached hydrogen (secondary N) is 1. The van der Waals surface area contributed by atoms with Gasteiger partial charge >= 0.3 is 0 Å². The van der Waals surface area contributed by atoms with Gasteiger partial charge in [0.1, 0.15) is 12.4 Å². The molecule has 6 nitrogen and oxygen atoms in total. The van der Waals surface area contributed by atoms with Crippen molar-refractivity contribution in [3.63, 3.8) is 0 Å². The van der Waals surface area contributed by atoms with E-state index in [-0.39, 0.29) is 24.0 Å². The molecule has 0 spiro atoms. The van der Waals surface area contributed by atoms with Gasteiger partial charge in [-0.15, -0.1) is 24.0 Å². The number of rotatable bonds is 8. The smallest absolute Gasteiger partial charge is 0.194 e. The summed E-state index contributed by atoms with van der Waals surface area (Å²) >= 11 is 0. The fourth-order valence-electron chi connectivity index (χ4n) is 3.86. The number of ether oxygens (including phenoxy) is 2. The zero-order chi connectivity index (χ0) is 18.7. The van der Waals surface area contributed by atoms with Crippen molar-refractivity contribution < 1.29 is 9.47 Å². The first-order chi connectivity index (χ1) is 13.3. The second kappa shape index (κ2) is 13.2. The molecule has 7 heteroatoms. The summed E-state index contributed by atoms with van der Waals surface area (Å²) in [6.07, 6.45) is 11.6. The molecule has 0 atom stereocenters. The number of piperidine rings is 1. The molecule has 0 radical (unpaired) electrons. The van der Waals surface area contributed by atoms with Gasteiger partial charge < -0.3 is 19.7 Å². The molecular formula is C21H35IN4O2. The van der Waals surface area contributed by atoms with Crippen LogP contribution in [0.1, 0.15) is 45.4 Å². The molecule has 0 amide bonds. The number of likely N-dealkylation sites (tertiary alicyclic amines) is 1. The highest BCUT2D eigenvalue weighted by atomic mass is 127. The Hall–Kier alpha value is -1.09. The predicted octanol–water partition coefficient (Wildman–Crippen LogP) is 3.72. The topological polar surface area (TPSA) is 59.0 Å². The molecule has 1 N–H and O–H groups in total. The highest BCUT2D eigenvalue weighted by molar-refractivity contribution is 14.0. The average molecular weight is 502 g/mol. The van der Waals surface area contributed by atoms with Crippen molar-refractivity contribution in [2.24, 2.45) is 10.9 Å². The van der Waals surface area contributed by atoms with Crippen LogP contribution in [0, 0.1) is 5.92 Å². The van der Waals surface area contributed by atoms with Crippen molar-refractivity contribution in [3.05, 3.63) is 24.5 Å². The Bertz CT molecular complexity index is 559. The highest BCUT2D eigenvalue weighted by Gasteiger charge is 2.23. The Labute approximate surface area is 186 Å². The molecule has 1 saturated heterocycles. The van der Waals surface area contributed by atoms with E-state index in [1.165, 1.54) is 25.7 Å². The summed E-state index contributed by atoms with van der Waals surface area (Å²) < 4.78 is 11.9. The molecule has 0 unspecified atom stereocenters. The lowest BCUT2D eigenvalue weighted by Gasteiger charge is -2.34. The standard InChI is InChI=1S/C21H34N4O2.HI/c1-2-23-21(24-12-15-26-20-8-5-11-22-16-20)25-13-9-19(10-14-25)27-17-18-6-3-4-7-18;/h5,8,11,16,18-19H,2-4,6-7,9-10,12-15,17H2,1H3,(H,23,24);1H. The van der Waals surface area contributed by atoms with Gasteiger partial charge in [-0.25, -0.2) is 4.99 Å². The summed E-state index contributed by atoms with van der Waals surface area (Å²) in [5.74, 6) is 2.58. The number of aliphatic imine (C=N–C) groups is 1. The van der Waals surface area contributed by atoms with Gasteiger partial charge in [0.2, 0.25) is 0 Å². The summed E-state index contributed by atoms with van der Waals surface area (Å²) in [6.45, 7) is 7.15. The first-order valence-corrected chi connectivity index (χ1v) is 10.5. The monoisotopic (exact) mass is 502 g/mol. The van der Waals surface area contributed by atoms with Crippen LogP contribution in [0.4, 0.5) is 0 Å². The zero-order valence-corrected chi connectivity index (χ0v) is 19.3. The maximum atomic E-state index is 6.19. The molecule has 158 valence electrons. The van der Waals surface area contributed by atoms with Gasteiger partial charge in [0.05, 0.1) is 18.8 Å². The molecule has 0 aromatic carbocycles. The number of hydrogen-bond acceptors (Lipinski definition) is 4. The third kappa shape index (κ3) is 7.73. The molecule has 1 saturated carbocycles. The minimum Gasteiger partial charge on any atom is -0.490 e. The maximum Gasteiger partial charge on any atom is 0.194 e. The van der Waals surface area contributed by atoms with Crippen molar-refractivity contribution in [3.8, 4) is 5.75 Å². The summed E-state index contributed by atoms with van der Waals surface area (Å²) in [5, 5.41) is 3.41. The molecule has 1 aromatic heterocycles. The lowest BCUT2D eigenvalue weighted by Crippen LogP contribution is -2.47. The largest absolute Gasteiger partial charge is 0.490 e. The molecule has 28 heavy (non-hydrogen) atoms. The van der Waals surface area contributed by atoms with Crippen LogP contribution in [0.3, 0.4) is 0 Å². The number of pyridine rings is 1. The van der Waals surface area contributed by atoms with E-state index in [1.54, 1.807) is 12.4 Å². The Morgan fingerprint density at radius 3 is 2.71 bits per heavy atom. The molecule has 2 aliphatic rings. The van der Waals surface area contributed by atoms with Crippen LogP contribution in [0.5, 0.6) is 5.75 Å². The zero-order valence-electron chi connectivity index (χ0n) is 17.0. The third-order valence-electron chi connectivity index (χ3n) is 5.37. The SMILES string of the molecule is CCNC(=NCCOc1cccnc1)N1CCC(OCC2CCCC2)CC1.I. The summed E-state index contributed by atoms with van der Waals surface area (Å²) in [6, 6.07) is 3.79. The van der Waals surface area contributed by atoms with Crippen LogP contribution in [0.2, 0.25) is 0 Å². The van der Waals surface area contributed by atoms with Gasteiger partial charge in [0, 0.05) is 32.4 Å². The molecule has 1 aliphatic heterocycles. The Kier molecular flexibility index (Phi) is 10.9. The fraction of sp³-hybridized carbons (Fsp3) is 0.714. The van der Waals surface area contributed by atoms with Gasteiger partial charge in [0.25, 0.3) is 0 Å². The van der Waals surface area contributed by atoms with Crippen LogP contribution in [-0.4, -0.2) is 61.3 Å². The summed E-state index contributed by atoms with van der Waals surface area (Å²) in [4.78, 5) is 11.1. The third-order valence-corrected chi connectivity index (χ3v) is 5.37. The van der Waals surface area contributed by atoms with Crippen molar-refractivity contribution in [2.45, 2.75) is 51.6 Å². The van der Waals surface area contributed by atoms with Crippen molar-refractivity contribution in [2.75, 3.05) is 39.4 Å². The number of hydrogen-bond donors (Lipinski definition) is 1. The van der Waals surface area contributed by atoms with Gasteiger partial charge in [-0.05, 0) is 50.7 Å². The van der Waals surface area contributed by atoms with E-state index in [9.17, 15) is 0 Å². The van der Waals surface area contributed by atoms with Crippen molar-refractivity contribution >= 4 is 29.9 Å². The van der Waals surface area contributed by atoms with Gasteiger partial charge in [-0.3, -0.25) is 4.98 Å². The van der Waals surface area contributed by atoms with Crippen LogP contribution < -0.4 is 10.1 Å². The van der Waals surface area contributed by atoms with Crippen LogP contribution >= 0.6 is 24.0 Å². The first kappa shape index (κ1) is 23.2. The molecule has 2 fully saturated rings. The van der Waals surface area contributed by atoms with E-state index in [2.05, 4.69) is 22.1 Å². The van der Waals surface area contributed by atoms with Crippen LogP contribution in [0.15, 0.2) is 29.5 Å². The lowest BCUT2D eigenvalue weighted by molar-refractivity contribution is 0.00101. The van der Waals surface area contributed by atoms with E-state index in [4.69, 9.17) is 14.5 Å². The van der Waals surface area contributed by atoms with E-state index in [0.717, 1.165) is 56.7 Å². The van der Waals surface area contributed by atoms with E-state index in [1.807, 2.05) is 12.1 Å². The number of guanidine groups is 1. The minimum absolute atomic E-state index is 0. The van der Waals surface area contributed by atoms with Crippen molar-refractivity contribution in [1.29, 1.82) is 0 Å². The second-order valence-corrected chi connectivity index (χ2v) is 7.44. The Balaban J connectivity index is 0.00000280. The number of halogens is 1. The summed E-state index contributed by atoms with van der Waals surface area (Å²) in [5.41, 5.74) is 0. The predicted molar refractivity (Wildman–Crippen MR) is 124 cm³/mol. The number of aromatic nitrogens is 1. The van der Waals surface area contributed by atoms with E-state index in [0.29, 0.717) is 19.3 Å². The molecule has 0 bridgehead atoms. The Morgan fingerprint density at radius 2 is 2.04 bits per heavy atom. The Morgan fingerprint density at radius 1 is 1.25 bits per heavy atom. The van der Waals surface area contributed by atoms with Gasteiger partial charge in [-0.1, -0.05) is 12.8 Å². The molecule has 1 aromatic rings. The van der Waals surface area contributed by atoms with E-state index >= 15 is 0 Å². The second-order valence-electron chi connectivity index (χ2n) is 7.44. The minimum atomic E-state index is 0. The highest BCUT2D eigenvalue weighted by Crippen LogP contribution is 2.26. The average Bonchev–Trinajstić information content (AvgIpc) is 3.24. The normalized spacial score (nSPS) is 18.8. The van der Waals surface area contributed by atoms with E-state index < -0.39 is 0 Å². The molecule has 2 heterocycles. The molecular weight excluding hydrogens is 467 g/mol. The quantitative estimate of drug-likeness (QED) is 0.254. The van der Waals surface area contributed by atoms with Crippen molar-refractivity contribution in [1.82, 2.24) is 15.2 Å². The van der Waals surface area contributed by atoms with Gasteiger partial charge in [-0.2, -0.15) is 0 Å². The first-order valence-electron chi connectivity index (χ1n) is 10.5. The summed E-state index contributed by atoms with van der Waals surface area (Å²) in [7, 11) is 0. The van der Waals surface area contributed by atoms with Gasteiger partial charge in [0.15, 0.2) is 5.96 Å². The lowest BCUT2D eigenvalue weighted by atomic mass is 10.1. The van der Waals surface area contributed by atoms with Crippen LogP contribution in [-0.2, 0) is 4.74 Å². The molecule has 3 rings (SSSR count). The number of nitrogens with zero attached hydrogens (tertiary/aromatic N) is 3. The maximum absolute atomic E-state index is 6.19. The fourth-order valence-corrected chi connectivity index (χ4v) is 3.86. The molecule has 1 aliphatic carbocycles.